The van der Waals surface area contributed by atoms with Gasteiger partial charge in [0.2, 0.25) is 0 Å². The summed E-state index contributed by atoms with van der Waals surface area (Å²) in [5.41, 5.74) is 1.74. The van der Waals surface area contributed by atoms with Crippen LogP contribution in [0.2, 0.25) is 0 Å². The monoisotopic (exact) mass is 509 g/mol. The summed E-state index contributed by atoms with van der Waals surface area (Å²) in [6, 6.07) is 15.5. The van der Waals surface area contributed by atoms with Crippen LogP contribution >= 0.6 is 0 Å². The van der Waals surface area contributed by atoms with E-state index in [1.807, 2.05) is 35.9 Å². The minimum absolute atomic E-state index is 0.00242. The van der Waals surface area contributed by atoms with Crippen molar-refractivity contribution in [3.05, 3.63) is 66.7 Å². The SMILES string of the molecule is CC[C@H]1CN(C(=O)C(C)(C)O)[C@H](C)CN1c1ncnc2c1c(-c1ccccc1)cn2-c1cc(C#N)ccn1. The summed E-state index contributed by atoms with van der Waals surface area (Å²) in [4.78, 5) is 31.0. The number of amides is 1. The standard InChI is InChI=1S/C29H31N7O2/c1-5-22-16-34(28(37)29(3,4)38)19(2)15-35(22)26-25-23(21-9-7-6-8-10-21)17-36(27(25)33-18-32-26)24-13-20(14-30)11-12-31-24/h6-13,17-19,22,38H,5,15-16H2,1-4H3/t19-,22+/m1/s1. The largest absolute Gasteiger partial charge is 0.381 e. The number of hydrogen-bond acceptors (Lipinski definition) is 7. The number of pyridine rings is 1. The Bertz CT molecular complexity index is 1520. The van der Waals surface area contributed by atoms with Crippen LogP contribution < -0.4 is 4.90 Å². The van der Waals surface area contributed by atoms with Gasteiger partial charge in [0.25, 0.3) is 5.91 Å². The summed E-state index contributed by atoms with van der Waals surface area (Å²) < 4.78 is 1.90. The fourth-order valence-electron chi connectivity index (χ4n) is 5.18. The van der Waals surface area contributed by atoms with Crippen LogP contribution in [0.25, 0.3) is 28.0 Å². The molecular weight excluding hydrogens is 478 g/mol. The molecule has 4 aromatic rings. The highest BCUT2D eigenvalue weighted by atomic mass is 16.3. The Kier molecular flexibility index (Phi) is 6.59. The number of nitrogens with zero attached hydrogens (tertiary/aromatic N) is 7. The first-order valence-electron chi connectivity index (χ1n) is 12.8. The van der Waals surface area contributed by atoms with Crippen molar-refractivity contribution in [3.63, 3.8) is 0 Å². The van der Waals surface area contributed by atoms with E-state index in [-0.39, 0.29) is 18.0 Å². The topological polar surface area (TPSA) is 111 Å². The van der Waals surface area contributed by atoms with E-state index in [4.69, 9.17) is 4.98 Å². The molecule has 5 rings (SSSR count). The quantitative estimate of drug-likeness (QED) is 0.434. The molecule has 9 nitrogen and oxygen atoms in total. The maximum absolute atomic E-state index is 13.0. The molecule has 1 aliphatic rings. The molecule has 1 fully saturated rings. The van der Waals surface area contributed by atoms with E-state index in [0.29, 0.717) is 30.1 Å². The van der Waals surface area contributed by atoms with Crippen molar-refractivity contribution < 1.29 is 9.90 Å². The average Bonchev–Trinajstić information content (AvgIpc) is 3.32. The van der Waals surface area contributed by atoms with Crippen LogP contribution in [0.4, 0.5) is 5.82 Å². The molecule has 0 bridgehead atoms. The maximum atomic E-state index is 13.0. The first-order valence-corrected chi connectivity index (χ1v) is 12.8. The second-order valence-corrected chi connectivity index (χ2v) is 10.3. The molecule has 1 aliphatic heterocycles. The number of piperazine rings is 1. The summed E-state index contributed by atoms with van der Waals surface area (Å²) in [6.07, 6.45) is 5.97. The number of rotatable bonds is 5. The molecular formula is C29H31N7O2. The lowest BCUT2D eigenvalue weighted by molar-refractivity contribution is -0.151. The molecule has 4 heterocycles. The molecule has 0 saturated carbocycles. The molecule has 9 heteroatoms. The lowest BCUT2D eigenvalue weighted by Crippen LogP contribution is -2.62. The van der Waals surface area contributed by atoms with Crippen LogP contribution in [0.5, 0.6) is 0 Å². The van der Waals surface area contributed by atoms with E-state index in [1.54, 1.807) is 29.6 Å². The number of fused-ring (bicyclic) bond motifs is 1. The molecule has 2 atom stereocenters. The normalized spacial score (nSPS) is 18.0. The second kappa shape index (κ2) is 9.88. The van der Waals surface area contributed by atoms with Crippen molar-refractivity contribution in [2.24, 2.45) is 0 Å². The van der Waals surface area contributed by atoms with E-state index < -0.39 is 5.60 Å². The van der Waals surface area contributed by atoms with E-state index in [1.165, 1.54) is 13.8 Å². The highest BCUT2D eigenvalue weighted by molar-refractivity contribution is 6.02. The van der Waals surface area contributed by atoms with Gasteiger partial charge in [-0.1, -0.05) is 37.3 Å². The van der Waals surface area contributed by atoms with Crippen LogP contribution in [0.1, 0.15) is 39.7 Å². The third-order valence-corrected chi connectivity index (χ3v) is 7.14. The van der Waals surface area contributed by atoms with Crippen LogP contribution in [0, 0.1) is 11.3 Å². The van der Waals surface area contributed by atoms with Gasteiger partial charge in [0.05, 0.1) is 17.0 Å². The molecule has 1 aromatic carbocycles. The molecule has 1 saturated heterocycles. The van der Waals surface area contributed by atoms with Gasteiger partial charge in [-0.2, -0.15) is 5.26 Å². The lowest BCUT2D eigenvalue weighted by Gasteiger charge is -2.47. The summed E-state index contributed by atoms with van der Waals surface area (Å²) in [6.45, 7) is 8.22. The molecule has 1 amide bonds. The number of carbonyl (C=O) groups is 1. The van der Waals surface area contributed by atoms with Gasteiger partial charge in [0.15, 0.2) is 5.65 Å². The Morgan fingerprint density at radius 3 is 2.61 bits per heavy atom. The second-order valence-electron chi connectivity index (χ2n) is 10.3. The van der Waals surface area contributed by atoms with Gasteiger partial charge in [-0.15, -0.1) is 0 Å². The Morgan fingerprint density at radius 2 is 1.92 bits per heavy atom. The summed E-state index contributed by atoms with van der Waals surface area (Å²) in [5, 5.41) is 20.7. The Morgan fingerprint density at radius 1 is 1.16 bits per heavy atom. The Balaban J connectivity index is 1.68. The Hall–Kier alpha value is -4.29. The van der Waals surface area contributed by atoms with Crippen molar-refractivity contribution in [2.75, 3.05) is 18.0 Å². The third-order valence-electron chi connectivity index (χ3n) is 7.14. The fraction of sp³-hybridized carbons (Fsp3) is 0.345. The minimum Gasteiger partial charge on any atom is -0.381 e. The lowest BCUT2D eigenvalue weighted by atomic mass is 9.99. The molecule has 194 valence electrons. The van der Waals surface area contributed by atoms with Gasteiger partial charge < -0.3 is 14.9 Å². The molecule has 0 radical (unpaired) electrons. The maximum Gasteiger partial charge on any atom is 0.254 e. The van der Waals surface area contributed by atoms with E-state index in [9.17, 15) is 15.2 Å². The summed E-state index contributed by atoms with van der Waals surface area (Å²) in [5.74, 6) is 1.12. The number of nitriles is 1. The summed E-state index contributed by atoms with van der Waals surface area (Å²) in [7, 11) is 0. The van der Waals surface area contributed by atoms with Gasteiger partial charge in [0, 0.05) is 43.1 Å². The van der Waals surface area contributed by atoms with Gasteiger partial charge in [-0.05, 0) is 44.9 Å². The van der Waals surface area contributed by atoms with Gasteiger partial charge in [0.1, 0.15) is 23.6 Å². The smallest absolute Gasteiger partial charge is 0.254 e. The van der Waals surface area contributed by atoms with E-state index >= 15 is 0 Å². The van der Waals surface area contributed by atoms with E-state index in [2.05, 4.69) is 40.0 Å². The van der Waals surface area contributed by atoms with Crippen LogP contribution in [0.3, 0.4) is 0 Å². The van der Waals surface area contributed by atoms with Gasteiger partial charge in [-0.25, -0.2) is 15.0 Å². The molecule has 0 spiro atoms. The van der Waals surface area contributed by atoms with Crippen molar-refractivity contribution in [1.29, 1.82) is 5.26 Å². The van der Waals surface area contributed by atoms with Crippen LogP contribution in [-0.4, -0.2) is 66.2 Å². The average molecular weight is 510 g/mol. The Labute approximate surface area is 222 Å². The van der Waals surface area contributed by atoms with E-state index in [0.717, 1.165) is 28.8 Å². The predicted octanol–water partition coefficient (Wildman–Crippen LogP) is 3.94. The number of hydrogen-bond donors (Lipinski definition) is 1. The van der Waals surface area contributed by atoms with Crippen LogP contribution in [0.15, 0.2) is 61.2 Å². The summed E-state index contributed by atoms with van der Waals surface area (Å²) >= 11 is 0. The molecule has 0 unspecified atom stereocenters. The number of anilines is 1. The number of carbonyl (C=O) groups excluding carboxylic acids is 1. The highest BCUT2D eigenvalue weighted by Gasteiger charge is 2.39. The van der Waals surface area contributed by atoms with Crippen molar-refractivity contribution >= 4 is 22.8 Å². The zero-order valence-corrected chi connectivity index (χ0v) is 22.0. The number of aromatic nitrogens is 4. The first kappa shape index (κ1) is 25.4. The molecule has 38 heavy (non-hydrogen) atoms. The number of benzene rings is 1. The van der Waals surface area contributed by atoms with Crippen molar-refractivity contribution in [3.8, 4) is 23.0 Å². The minimum atomic E-state index is -1.43. The molecule has 0 aliphatic carbocycles. The van der Waals surface area contributed by atoms with Crippen molar-refractivity contribution in [1.82, 2.24) is 24.4 Å². The van der Waals surface area contributed by atoms with Crippen molar-refractivity contribution in [2.45, 2.75) is 51.8 Å². The zero-order valence-electron chi connectivity index (χ0n) is 22.0. The third kappa shape index (κ3) is 4.48. The predicted molar refractivity (Wildman–Crippen MR) is 146 cm³/mol. The first-order chi connectivity index (χ1) is 18.2. The van der Waals surface area contributed by atoms with Crippen LogP contribution in [-0.2, 0) is 4.79 Å². The van der Waals surface area contributed by atoms with Gasteiger partial charge in [-0.3, -0.25) is 9.36 Å². The number of aliphatic hydroxyl groups is 1. The highest BCUT2D eigenvalue weighted by Crippen LogP contribution is 2.38. The zero-order chi connectivity index (χ0) is 27.0. The molecule has 1 N–H and O–H groups in total. The fourth-order valence-corrected chi connectivity index (χ4v) is 5.18. The molecule has 3 aromatic heterocycles. The van der Waals surface area contributed by atoms with Gasteiger partial charge >= 0.3 is 0 Å².